The quantitative estimate of drug-likeness (QED) is 0.682. The normalized spacial score (nSPS) is 30.6. The highest BCUT2D eigenvalue weighted by molar-refractivity contribution is 5.74. The second-order valence-electron chi connectivity index (χ2n) is 5.08. The van der Waals surface area contributed by atoms with Gasteiger partial charge >= 0.3 is 0 Å². The van der Waals surface area contributed by atoms with Crippen LogP contribution in [0.2, 0.25) is 0 Å². The first-order chi connectivity index (χ1) is 9.70. The Morgan fingerprint density at radius 2 is 1.90 bits per heavy atom. The van der Waals surface area contributed by atoms with E-state index in [-0.39, 0.29) is 13.0 Å². The fourth-order valence-corrected chi connectivity index (χ4v) is 2.70. The first kappa shape index (κ1) is 13.5. The average Bonchev–Trinajstić information content (AvgIpc) is 2.49. The van der Waals surface area contributed by atoms with Crippen LogP contribution in [-0.2, 0) is 4.74 Å². The molecule has 0 amide bonds. The highest BCUT2D eigenvalue weighted by Crippen LogP contribution is 2.25. The van der Waals surface area contributed by atoms with Crippen molar-refractivity contribution in [2.45, 2.75) is 31.0 Å². The third-order valence-corrected chi connectivity index (χ3v) is 3.78. The van der Waals surface area contributed by atoms with E-state index in [1.54, 1.807) is 0 Å². The number of aliphatic hydroxyl groups excluding tert-OH is 3. The summed E-state index contributed by atoms with van der Waals surface area (Å²) in [4.78, 5) is 0. The summed E-state index contributed by atoms with van der Waals surface area (Å²) in [5, 5.41) is 30.0. The molecule has 3 rings (SSSR count). The van der Waals surface area contributed by atoms with Crippen molar-refractivity contribution in [1.29, 1.82) is 0 Å². The van der Waals surface area contributed by atoms with Crippen molar-refractivity contribution >= 4 is 10.9 Å². The fourth-order valence-electron chi connectivity index (χ4n) is 2.70. The van der Waals surface area contributed by atoms with Gasteiger partial charge in [-0.2, -0.15) is 4.57 Å². The van der Waals surface area contributed by atoms with Crippen LogP contribution in [0.1, 0.15) is 12.6 Å². The van der Waals surface area contributed by atoms with Crippen molar-refractivity contribution in [2.24, 2.45) is 0 Å². The Bertz CT molecular complexity index is 598. The molecule has 106 valence electrons. The van der Waals surface area contributed by atoms with E-state index in [0.29, 0.717) is 0 Å². The zero-order chi connectivity index (χ0) is 14.1. The maximum atomic E-state index is 9.93. The van der Waals surface area contributed by atoms with Crippen LogP contribution in [0.3, 0.4) is 0 Å². The summed E-state index contributed by atoms with van der Waals surface area (Å²) in [6.07, 6.45) is -0.960. The van der Waals surface area contributed by atoms with Crippen LogP contribution in [0.5, 0.6) is 0 Å². The predicted octanol–water partition coefficient (Wildman–Crippen LogP) is 0.129. The van der Waals surface area contributed by atoms with Gasteiger partial charge in [0.1, 0.15) is 12.2 Å². The van der Waals surface area contributed by atoms with E-state index >= 15 is 0 Å². The summed E-state index contributed by atoms with van der Waals surface area (Å²) in [7, 11) is 0. The minimum Gasteiger partial charge on any atom is -0.394 e. The van der Waals surface area contributed by atoms with Crippen LogP contribution < -0.4 is 4.57 Å². The zero-order valence-corrected chi connectivity index (χ0v) is 11.0. The van der Waals surface area contributed by atoms with Crippen LogP contribution >= 0.6 is 0 Å². The number of aliphatic hydroxyl groups is 3. The predicted molar refractivity (Wildman–Crippen MR) is 71.8 cm³/mol. The maximum absolute atomic E-state index is 9.93. The molecule has 5 heteroatoms. The minimum atomic E-state index is -1.05. The van der Waals surface area contributed by atoms with Gasteiger partial charge in [-0.3, -0.25) is 0 Å². The molecular weight excluding hydrogens is 258 g/mol. The van der Waals surface area contributed by atoms with Crippen LogP contribution in [0.25, 0.3) is 10.9 Å². The van der Waals surface area contributed by atoms with Crippen LogP contribution in [0, 0.1) is 0 Å². The summed E-state index contributed by atoms with van der Waals surface area (Å²) >= 11 is 0. The largest absolute Gasteiger partial charge is 0.394 e. The SMILES string of the molecule is OC[C@H]1O[C@H]([n+]2cccc3ccccc32)C[C@@H](O)[C@@H]1O. The van der Waals surface area contributed by atoms with Crippen molar-refractivity contribution in [1.82, 2.24) is 0 Å². The molecule has 0 spiro atoms. The molecule has 1 aliphatic heterocycles. The van der Waals surface area contributed by atoms with Gasteiger partial charge < -0.3 is 20.1 Å². The molecule has 1 aromatic heterocycles. The lowest BCUT2D eigenvalue weighted by Crippen LogP contribution is -2.55. The minimum absolute atomic E-state index is 0.288. The molecule has 0 radical (unpaired) electrons. The Balaban J connectivity index is 1.99. The highest BCUT2D eigenvalue weighted by atomic mass is 16.5. The third kappa shape index (κ3) is 2.29. The van der Waals surface area contributed by atoms with Crippen molar-refractivity contribution in [2.75, 3.05) is 6.61 Å². The van der Waals surface area contributed by atoms with E-state index in [9.17, 15) is 15.3 Å². The van der Waals surface area contributed by atoms with Gasteiger partial charge in [-0.25, -0.2) is 0 Å². The van der Waals surface area contributed by atoms with Gasteiger partial charge in [0.15, 0.2) is 6.20 Å². The first-order valence-corrected chi connectivity index (χ1v) is 6.72. The average molecular weight is 276 g/mol. The topological polar surface area (TPSA) is 73.8 Å². The number of hydrogen-bond donors (Lipinski definition) is 3. The van der Waals surface area contributed by atoms with Gasteiger partial charge in [0, 0.05) is 17.5 Å². The third-order valence-electron chi connectivity index (χ3n) is 3.78. The standard InChI is InChI=1S/C15H18NO4/c17-9-13-15(19)12(18)8-14(20-13)16-7-3-5-10-4-1-2-6-11(10)16/h1-7,12-15,17-19H,8-9H2/q+1/t12-,13-,14+,15+/m1/s1. The highest BCUT2D eigenvalue weighted by Gasteiger charge is 2.41. The molecule has 0 aliphatic carbocycles. The number of rotatable bonds is 2. The number of aromatic nitrogens is 1. The van der Waals surface area contributed by atoms with E-state index in [1.807, 2.05) is 47.2 Å². The lowest BCUT2D eigenvalue weighted by Gasteiger charge is -2.33. The molecule has 20 heavy (non-hydrogen) atoms. The fraction of sp³-hybridized carbons (Fsp3) is 0.400. The van der Waals surface area contributed by atoms with Crippen molar-refractivity contribution in [3.63, 3.8) is 0 Å². The molecule has 0 bridgehead atoms. The number of benzene rings is 1. The summed E-state index contributed by atoms with van der Waals surface area (Å²) in [5.74, 6) is 0. The lowest BCUT2D eigenvalue weighted by atomic mass is 10.0. The van der Waals surface area contributed by atoms with Gasteiger partial charge in [-0.15, -0.1) is 0 Å². The maximum Gasteiger partial charge on any atom is 0.266 e. The molecule has 3 N–H and O–H groups in total. The summed E-state index contributed by atoms with van der Waals surface area (Å²) in [6, 6.07) is 11.8. The van der Waals surface area contributed by atoms with Crippen LogP contribution in [-0.4, -0.2) is 40.2 Å². The van der Waals surface area contributed by atoms with Crippen molar-refractivity contribution < 1.29 is 24.6 Å². The Hall–Kier alpha value is -1.53. The molecule has 1 aromatic carbocycles. The Morgan fingerprint density at radius 1 is 1.15 bits per heavy atom. The molecule has 1 fully saturated rings. The van der Waals surface area contributed by atoms with E-state index in [0.717, 1.165) is 10.9 Å². The Labute approximate surface area is 116 Å². The molecule has 0 saturated carbocycles. The Kier molecular flexibility index (Phi) is 3.67. The number of hydrogen-bond acceptors (Lipinski definition) is 4. The summed E-state index contributed by atoms with van der Waals surface area (Å²) < 4.78 is 7.64. The van der Waals surface area contributed by atoms with Gasteiger partial charge in [0.2, 0.25) is 5.52 Å². The molecule has 4 atom stereocenters. The molecule has 2 aromatic rings. The van der Waals surface area contributed by atoms with E-state index in [1.165, 1.54) is 0 Å². The molecule has 2 heterocycles. The second kappa shape index (κ2) is 5.46. The van der Waals surface area contributed by atoms with Crippen LogP contribution in [0.4, 0.5) is 0 Å². The first-order valence-electron chi connectivity index (χ1n) is 6.72. The molecule has 5 nitrogen and oxygen atoms in total. The number of ether oxygens (including phenoxy) is 1. The molecule has 0 unspecified atom stereocenters. The number of nitrogens with zero attached hydrogens (tertiary/aromatic N) is 1. The van der Waals surface area contributed by atoms with Gasteiger partial charge in [-0.05, 0) is 12.1 Å². The van der Waals surface area contributed by atoms with Gasteiger partial charge in [0.05, 0.1) is 19.1 Å². The van der Waals surface area contributed by atoms with E-state index in [4.69, 9.17) is 4.74 Å². The molecule has 1 saturated heterocycles. The molecule has 1 aliphatic rings. The zero-order valence-electron chi connectivity index (χ0n) is 11.0. The van der Waals surface area contributed by atoms with Crippen LogP contribution in [0.15, 0.2) is 42.6 Å². The molecular formula is C15H18NO4+. The van der Waals surface area contributed by atoms with Gasteiger partial charge in [0.25, 0.3) is 6.23 Å². The van der Waals surface area contributed by atoms with E-state index in [2.05, 4.69) is 0 Å². The second-order valence-corrected chi connectivity index (χ2v) is 5.08. The number of para-hydroxylation sites is 1. The summed E-state index contributed by atoms with van der Waals surface area (Å²) in [6.45, 7) is -0.319. The monoisotopic (exact) mass is 276 g/mol. The smallest absolute Gasteiger partial charge is 0.266 e. The van der Waals surface area contributed by atoms with Crippen molar-refractivity contribution in [3.8, 4) is 0 Å². The lowest BCUT2D eigenvalue weighted by molar-refractivity contribution is -0.748. The van der Waals surface area contributed by atoms with Gasteiger partial charge in [-0.1, -0.05) is 12.1 Å². The summed E-state index contributed by atoms with van der Waals surface area (Å²) in [5.41, 5.74) is 0.986. The number of fused-ring (bicyclic) bond motifs is 1. The van der Waals surface area contributed by atoms with Crippen molar-refractivity contribution in [3.05, 3.63) is 42.6 Å². The Morgan fingerprint density at radius 3 is 2.70 bits per heavy atom. The van der Waals surface area contributed by atoms with E-state index < -0.39 is 24.5 Å². The number of pyridine rings is 1.